The van der Waals surface area contributed by atoms with Gasteiger partial charge in [0.25, 0.3) is 6.43 Å². The van der Waals surface area contributed by atoms with E-state index in [-0.39, 0.29) is 21.4 Å². The van der Waals surface area contributed by atoms with Crippen molar-refractivity contribution in [2.75, 3.05) is 5.73 Å². The van der Waals surface area contributed by atoms with Crippen LogP contribution in [0, 0.1) is 3.70 Å². The Hall–Kier alpha value is -0.990. The number of carboxylic acid groups (broad SMARTS) is 1. The summed E-state index contributed by atoms with van der Waals surface area (Å²) in [6.45, 7) is 0. The number of anilines is 1. The van der Waals surface area contributed by atoms with Crippen LogP contribution in [0.2, 0.25) is 0 Å². The molecular formula is C8H7F2IN2O2. The van der Waals surface area contributed by atoms with Crippen LogP contribution in [0.3, 0.4) is 0 Å². The molecule has 15 heavy (non-hydrogen) atoms. The van der Waals surface area contributed by atoms with E-state index in [1.165, 1.54) is 0 Å². The van der Waals surface area contributed by atoms with Gasteiger partial charge in [-0.15, -0.1) is 0 Å². The minimum absolute atomic E-state index is 0.0344. The zero-order valence-electron chi connectivity index (χ0n) is 7.38. The number of carbonyl (C=O) groups is 1. The second-order valence-electron chi connectivity index (χ2n) is 2.78. The van der Waals surface area contributed by atoms with E-state index in [0.29, 0.717) is 0 Å². The molecule has 0 unspecified atom stereocenters. The fourth-order valence-corrected chi connectivity index (χ4v) is 1.80. The molecule has 1 heterocycles. The normalized spacial score (nSPS) is 10.7. The Bertz CT molecular complexity index is 375. The summed E-state index contributed by atoms with van der Waals surface area (Å²) in [4.78, 5) is 14.0. The van der Waals surface area contributed by atoms with Crippen molar-refractivity contribution in [1.29, 1.82) is 0 Å². The first-order valence-electron chi connectivity index (χ1n) is 3.86. The van der Waals surface area contributed by atoms with Crippen LogP contribution in [-0.2, 0) is 11.2 Å². The number of nitrogens with zero attached hydrogens (tertiary/aromatic N) is 1. The maximum atomic E-state index is 12.3. The van der Waals surface area contributed by atoms with Gasteiger partial charge in [-0.05, 0) is 28.7 Å². The Balaban J connectivity index is 3.15. The van der Waals surface area contributed by atoms with Gasteiger partial charge in [0.2, 0.25) is 0 Å². The second kappa shape index (κ2) is 4.69. The summed E-state index contributed by atoms with van der Waals surface area (Å²) in [6, 6.07) is 1.01. The zero-order valence-corrected chi connectivity index (χ0v) is 9.53. The highest BCUT2D eigenvalue weighted by molar-refractivity contribution is 14.1. The first kappa shape index (κ1) is 12.1. The Morgan fingerprint density at radius 2 is 2.27 bits per heavy atom. The first-order chi connectivity index (χ1) is 6.91. The SMILES string of the molecule is Nc1cc(C(F)F)nc(I)c1CC(=O)O. The summed E-state index contributed by atoms with van der Waals surface area (Å²) >= 11 is 1.69. The number of nitrogen functional groups attached to an aromatic ring is 1. The molecule has 7 heteroatoms. The third-order valence-electron chi connectivity index (χ3n) is 1.68. The molecule has 0 aliphatic rings. The van der Waals surface area contributed by atoms with Crippen LogP contribution >= 0.6 is 22.6 Å². The Labute approximate surface area is 97.6 Å². The number of pyridine rings is 1. The molecule has 0 aliphatic carbocycles. The average molecular weight is 328 g/mol. The van der Waals surface area contributed by atoms with E-state index >= 15 is 0 Å². The van der Waals surface area contributed by atoms with Crippen molar-refractivity contribution in [3.05, 3.63) is 21.0 Å². The largest absolute Gasteiger partial charge is 0.481 e. The van der Waals surface area contributed by atoms with Crippen LogP contribution in [0.5, 0.6) is 0 Å². The summed E-state index contributed by atoms with van der Waals surface area (Å²) in [5, 5.41) is 8.56. The average Bonchev–Trinajstić information content (AvgIpc) is 2.10. The Morgan fingerprint density at radius 3 is 2.67 bits per heavy atom. The molecule has 0 amide bonds. The Morgan fingerprint density at radius 1 is 1.67 bits per heavy atom. The van der Waals surface area contributed by atoms with E-state index in [4.69, 9.17) is 10.8 Å². The van der Waals surface area contributed by atoms with E-state index in [0.717, 1.165) is 6.07 Å². The van der Waals surface area contributed by atoms with Gasteiger partial charge in [-0.1, -0.05) is 0 Å². The number of hydrogen-bond donors (Lipinski definition) is 2. The van der Waals surface area contributed by atoms with Crippen LogP contribution in [0.25, 0.3) is 0 Å². The molecule has 0 saturated carbocycles. The van der Waals surface area contributed by atoms with Gasteiger partial charge in [-0.3, -0.25) is 4.79 Å². The van der Waals surface area contributed by atoms with Gasteiger partial charge in [0.05, 0.1) is 6.42 Å². The quantitative estimate of drug-likeness (QED) is 0.656. The zero-order chi connectivity index (χ0) is 11.6. The number of carboxylic acids is 1. The molecule has 82 valence electrons. The third kappa shape index (κ3) is 2.98. The number of aliphatic carboxylic acids is 1. The van der Waals surface area contributed by atoms with Gasteiger partial charge in [0.1, 0.15) is 9.39 Å². The molecule has 1 aromatic heterocycles. The first-order valence-corrected chi connectivity index (χ1v) is 4.94. The molecule has 0 saturated heterocycles. The third-order valence-corrected chi connectivity index (χ3v) is 2.57. The van der Waals surface area contributed by atoms with Gasteiger partial charge in [0, 0.05) is 11.3 Å². The molecule has 0 aliphatic heterocycles. The van der Waals surface area contributed by atoms with Crippen LogP contribution in [0.4, 0.5) is 14.5 Å². The van der Waals surface area contributed by atoms with E-state index in [2.05, 4.69) is 4.98 Å². The lowest BCUT2D eigenvalue weighted by Crippen LogP contribution is -2.09. The van der Waals surface area contributed by atoms with Crippen molar-refractivity contribution in [1.82, 2.24) is 4.98 Å². The molecular weight excluding hydrogens is 321 g/mol. The topological polar surface area (TPSA) is 76.2 Å². The number of halogens is 3. The van der Waals surface area contributed by atoms with E-state index < -0.39 is 18.1 Å². The van der Waals surface area contributed by atoms with Crippen LogP contribution in [-0.4, -0.2) is 16.1 Å². The fraction of sp³-hybridized carbons (Fsp3) is 0.250. The Kier molecular flexibility index (Phi) is 3.77. The highest BCUT2D eigenvalue weighted by Crippen LogP contribution is 2.24. The van der Waals surface area contributed by atoms with Crippen LogP contribution in [0.1, 0.15) is 17.7 Å². The van der Waals surface area contributed by atoms with Crippen molar-refractivity contribution in [2.24, 2.45) is 0 Å². The standard InChI is InChI=1S/C8H7F2IN2O2/c9-7(10)5-2-4(12)3(1-6(14)15)8(11)13-5/h2,7H,1H2,(H2,12,13)(H,14,15). The van der Waals surface area contributed by atoms with Crippen molar-refractivity contribution in [3.63, 3.8) is 0 Å². The maximum absolute atomic E-state index is 12.3. The van der Waals surface area contributed by atoms with Crippen molar-refractivity contribution in [2.45, 2.75) is 12.8 Å². The highest BCUT2D eigenvalue weighted by Gasteiger charge is 2.16. The number of hydrogen-bond acceptors (Lipinski definition) is 3. The molecule has 0 radical (unpaired) electrons. The molecule has 1 rings (SSSR count). The predicted octanol–water partition coefficient (Wildman–Crippen LogP) is 1.83. The summed E-state index contributed by atoms with van der Waals surface area (Å²) in [6.07, 6.45) is -3.03. The summed E-state index contributed by atoms with van der Waals surface area (Å²) in [5.41, 5.74) is 5.33. The smallest absolute Gasteiger partial charge is 0.307 e. The predicted molar refractivity (Wildman–Crippen MR) is 57.7 cm³/mol. The van der Waals surface area contributed by atoms with Crippen LogP contribution < -0.4 is 5.73 Å². The van der Waals surface area contributed by atoms with Crippen molar-refractivity contribution in [3.8, 4) is 0 Å². The van der Waals surface area contributed by atoms with Crippen molar-refractivity contribution < 1.29 is 18.7 Å². The maximum Gasteiger partial charge on any atom is 0.307 e. The molecule has 3 N–H and O–H groups in total. The number of nitrogens with two attached hydrogens (primary N) is 1. The number of alkyl halides is 2. The summed E-state index contributed by atoms with van der Waals surface area (Å²) in [5.74, 6) is -1.08. The molecule has 1 aromatic rings. The van der Waals surface area contributed by atoms with Gasteiger partial charge < -0.3 is 10.8 Å². The van der Waals surface area contributed by atoms with E-state index in [1.807, 2.05) is 0 Å². The van der Waals surface area contributed by atoms with Gasteiger partial charge in [0.15, 0.2) is 0 Å². The van der Waals surface area contributed by atoms with E-state index in [9.17, 15) is 13.6 Å². The monoisotopic (exact) mass is 328 g/mol. The molecule has 0 spiro atoms. The van der Waals surface area contributed by atoms with Crippen molar-refractivity contribution >= 4 is 34.2 Å². The van der Waals surface area contributed by atoms with Gasteiger partial charge in [-0.2, -0.15) is 0 Å². The van der Waals surface area contributed by atoms with Gasteiger partial charge >= 0.3 is 5.97 Å². The fourth-order valence-electron chi connectivity index (χ4n) is 1.02. The van der Waals surface area contributed by atoms with Gasteiger partial charge in [-0.25, -0.2) is 13.8 Å². The minimum Gasteiger partial charge on any atom is -0.481 e. The lowest BCUT2D eigenvalue weighted by atomic mass is 10.1. The highest BCUT2D eigenvalue weighted by atomic mass is 127. The molecule has 0 bridgehead atoms. The molecule has 0 atom stereocenters. The lowest BCUT2D eigenvalue weighted by Gasteiger charge is -2.08. The molecule has 0 fully saturated rings. The van der Waals surface area contributed by atoms with E-state index in [1.54, 1.807) is 22.6 Å². The minimum atomic E-state index is -2.71. The summed E-state index contributed by atoms with van der Waals surface area (Å²) < 4.78 is 24.8. The summed E-state index contributed by atoms with van der Waals surface area (Å²) in [7, 11) is 0. The molecule has 4 nitrogen and oxygen atoms in total. The number of aromatic nitrogens is 1. The second-order valence-corrected chi connectivity index (χ2v) is 3.80. The molecule has 0 aromatic carbocycles. The van der Waals surface area contributed by atoms with Crippen LogP contribution in [0.15, 0.2) is 6.07 Å². The lowest BCUT2D eigenvalue weighted by molar-refractivity contribution is -0.136. The number of rotatable bonds is 3.